The van der Waals surface area contributed by atoms with Crippen LogP contribution in [0.5, 0.6) is 0 Å². The van der Waals surface area contributed by atoms with Gasteiger partial charge in [0.25, 0.3) is 0 Å². The summed E-state index contributed by atoms with van der Waals surface area (Å²) in [5.41, 5.74) is -1.20. The van der Waals surface area contributed by atoms with Crippen molar-refractivity contribution in [2.45, 2.75) is 58.1 Å². The Balaban J connectivity index is 2.62. The molecule has 1 fully saturated rings. The molecule has 0 bridgehead atoms. The van der Waals surface area contributed by atoms with Crippen LogP contribution in [0.1, 0.15) is 46.5 Å². The number of carbonyl (C=O) groups is 2. The average Bonchev–Trinajstić information content (AvgIpc) is 2.39. The summed E-state index contributed by atoms with van der Waals surface area (Å²) in [7, 11) is 0. The second-order valence-corrected chi connectivity index (χ2v) is 5.48. The van der Waals surface area contributed by atoms with E-state index < -0.39 is 11.5 Å². The van der Waals surface area contributed by atoms with Gasteiger partial charge in [0.2, 0.25) is 0 Å². The molecular weight excluding hydrogens is 260 g/mol. The third kappa shape index (κ3) is 4.37. The monoisotopic (exact) mass is 286 g/mol. The quantitative estimate of drug-likeness (QED) is 0.781. The molecule has 0 aromatic rings. The van der Waals surface area contributed by atoms with Crippen molar-refractivity contribution in [3.05, 3.63) is 0 Å². The first-order valence-electron chi connectivity index (χ1n) is 7.35. The average molecular weight is 286 g/mol. The predicted molar refractivity (Wildman–Crippen MR) is 75.7 cm³/mol. The molecule has 1 aliphatic rings. The Hall–Kier alpha value is -1.30. The summed E-state index contributed by atoms with van der Waals surface area (Å²) in [5.74, 6) is -0.994. The lowest BCUT2D eigenvalue weighted by Gasteiger charge is -2.35. The number of carboxylic acids is 1. The number of amides is 2. The summed E-state index contributed by atoms with van der Waals surface area (Å²) in [6.07, 6.45) is 3.00. The van der Waals surface area contributed by atoms with Crippen LogP contribution >= 0.6 is 0 Å². The molecule has 1 aliphatic heterocycles. The fourth-order valence-electron chi connectivity index (χ4n) is 2.53. The highest BCUT2D eigenvalue weighted by Gasteiger charge is 2.36. The molecule has 0 radical (unpaired) electrons. The Morgan fingerprint density at radius 2 is 2.15 bits per heavy atom. The smallest absolute Gasteiger partial charge is 0.329 e. The molecule has 20 heavy (non-hydrogen) atoms. The molecule has 0 saturated carbocycles. The molecule has 116 valence electrons. The zero-order chi connectivity index (χ0) is 15.2. The van der Waals surface area contributed by atoms with Crippen molar-refractivity contribution in [3.63, 3.8) is 0 Å². The number of rotatable bonds is 6. The summed E-state index contributed by atoms with van der Waals surface area (Å²) in [6, 6.07) is -0.312. The van der Waals surface area contributed by atoms with Crippen LogP contribution < -0.4 is 5.32 Å². The molecule has 0 aliphatic carbocycles. The van der Waals surface area contributed by atoms with E-state index in [9.17, 15) is 14.7 Å². The van der Waals surface area contributed by atoms with E-state index in [1.165, 1.54) is 0 Å². The fourth-order valence-corrected chi connectivity index (χ4v) is 2.53. The van der Waals surface area contributed by atoms with E-state index in [0.29, 0.717) is 32.5 Å². The van der Waals surface area contributed by atoms with Crippen molar-refractivity contribution in [3.8, 4) is 0 Å². The van der Waals surface area contributed by atoms with E-state index in [1.54, 1.807) is 11.8 Å². The summed E-state index contributed by atoms with van der Waals surface area (Å²) >= 11 is 0. The number of urea groups is 1. The molecule has 2 unspecified atom stereocenters. The van der Waals surface area contributed by atoms with E-state index in [1.807, 2.05) is 13.8 Å². The number of hydrogen-bond donors (Lipinski definition) is 2. The topological polar surface area (TPSA) is 78.9 Å². The number of likely N-dealkylation sites (tertiary alicyclic amines) is 1. The van der Waals surface area contributed by atoms with Crippen LogP contribution in [0.3, 0.4) is 0 Å². The summed E-state index contributed by atoms with van der Waals surface area (Å²) in [6.45, 7) is 7.20. The lowest BCUT2D eigenvalue weighted by molar-refractivity contribution is -0.144. The number of nitrogens with one attached hydrogen (secondary N) is 1. The number of nitrogens with zero attached hydrogens (tertiary/aromatic N) is 1. The van der Waals surface area contributed by atoms with Crippen molar-refractivity contribution in [1.29, 1.82) is 0 Å². The van der Waals surface area contributed by atoms with Gasteiger partial charge in [-0.25, -0.2) is 9.59 Å². The third-order valence-electron chi connectivity index (χ3n) is 3.67. The fraction of sp³-hybridized carbons (Fsp3) is 0.857. The SMILES string of the molecule is CCCC(C)(NC(=O)N1CCCC(OCC)C1)C(=O)O. The largest absolute Gasteiger partial charge is 0.480 e. The van der Waals surface area contributed by atoms with Crippen molar-refractivity contribution < 1.29 is 19.4 Å². The van der Waals surface area contributed by atoms with E-state index in [4.69, 9.17) is 4.74 Å². The van der Waals surface area contributed by atoms with Crippen LogP contribution in [0.4, 0.5) is 4.79 Å². The number of aliphatic carboxylic acids is 1. The second kappa shape index (κ2) is 7.47. The number of carbonyl (C=O) groups excluding carboxylic acids is 1. The first-order valence-corrected chi connectivity index (χ1v) is 7.35. The maximum absolute atomic E-state index is 12.2. The maximum atomic E-state index is 12.2. The van der Waals surface area contributed by atoms with Gasteiger partial charge in [-0.05, 0) is 33.1 Å². The Kier molecular flexibility index (Phi) is 6.26. The Bertz CT molecular complexity index is 346. The molecule has 6 heteroatoms. The van der Waals surface area contributed by atoms with E-state index >= 15 is 0 Å². The lowest BCUT2D eigenvalue weighted by Crippen LogP contribution is -2.58. The second-order valence-electron chi connectivity index (χ2n) is 5.48. The molecule has 1 heterocycles. The first-order chi connectivity index (χ1) is 9.42. The van der Waals surface area contributed by atoms with Crippen molar-refractivity contribution in [2.75, 3.05) is 19.7 Å². The van der Waals surface area contributed by atoms with E-state index in [0.717, 1.165) is 12.8 Å². The van der Waals surface area contributed by atoms with Crippen LogP contribution in [0.2, 0.25) is 0 Å². The van der Waals surface area contributed by atoms with Gasteiger partial charge in [-0.3, -0.25) is 0 Å². The van der Waals surface area contributed by atoms with Gasteiger partial charge in [0.05, 0.1) is 6.10 Å². The highest BCUT2D eigenvalue weighted by atomic mass is 16.5. The summed E-state index contributed by atoms with van der Waals surface area (Å²) in [4.78, 5) is 25.2. The highest BCUT2D eigenvalue weighted by molar-refractivity contribution is 5.85. The van der Waals surface area contributed by atoms with Gasteiger partial charge in [-0.15, -0.1) is 0 Å². The van der Waals surface area contributed by atoms with Crippen LogP contribution in [-0.4, -0.2) is 53.3 Å². The van der Waals surface area contributed by atoms with Gasteiger partial charge >= 0.3 is 12.0 Å². The van der Waals surface area contributed by atoms with Gasteiger partial charge in [0.15, 0.2) is 0 Å². The molecule has 0 spiro atoms. The van der Waals surface area contributed by atoms with E-state index in [-0.39, 0.29) is 12.1 Å². The van der Waals surface area contributed by atoms with Crippen LogP contribution in [0, 0.1) is 0 Å². The van der Waals surface area contributed by atoms with Crippen molar-refractivity contribution in [1.82, 2.24) is 10.2 Å². The van der Waals surface area contributed by atoms with Gasteiger partial charge in [-0.2, -0.15) is 0 Å². The summed E-state index contributed by atoms with van der Waals surface area (Å²) in [5, 5.41) is 11.9. The van der Waals surface area contributed by atoms with Crippen molar-refractivity contribution in [2.24, 2.45) is 0 Å². The third-order valence-corrected chi connectivity index (χ3v) is 3.67. The normalized spacial score (nSPS) is 22.1. The van der Waals surface area contributed by atoms with Gasteiger partial charge in [0.1, 0.15) is 5.54 Å². The minimum absolute atomic E-state index is 0.0572. The van der Waals surface area contributed by atoms with Crippen LogP contribution in [0.25, 0.3) is 0 Å². The highest BCUT2D eigenvalue weighted by Crippen LogP contribution is 2.17. The molecule has 0 aromatic heterocycles. The Morgan fingerprint density at radius 1 is 1.45 bits per heavy atom. The first kappa shape index (κ1) is 16.8. The minimum atomic E-state index is -1.20. The molecule has 1 rings (SSSR count). The van der Waals surface area contributed by atoms with Crippen molar-refractivity contribution >= 4 is 12.0 Å². The zero-order valence-corrected chi connectivity index (χ0v) is 12.6. The standard InChI is InChI=1S/C14H26N2O4/c1-4-8-14(3,12(17)18)15-13(19)16-9-6-7-11(10-16)20-5-2/h11H,4-10H2,1-3H3,(H,15,19)(H,17,18). The molecular formula is C14H26N2O4. The predicted octanol–water partition coefficient (Wildman–Crippen LogP) is 1.84. The number of ether oxygens (including phenoxy) is 1. The van der Waals surface area contributed by atoms with E-state index in [2.05, 4.69) is 5.32 Å². The number of hydrogen-bond acceptors (Lipinski definition) is 3. The zero-order valence-electron chi connectivity index (χ0n) is 12.6. The molecule has 0 aromatic carbocycles. The molecule has 6 nitrogen and oxygen atoms in total. The minimum Gasteiger partial charge on any atom is -0.480 e. The lowest BCUT2D eigenvalue weighted by atomic mass is 9.96. The Morgan fingerprint density at radius 3 is 2.70 bits per heavy atom. The molecule has 2 atom stereocenters. The number of carboxylic acid groups (broad SMARTS) is 1. The summed E-state index contributed by atoms with van der Waals surface area (Å²) < 4.78 is 5.55. The van der Waals surface area contributed by atoms with Crippen LogP contribution in [-0.2, 0) is 9.53 Å². The van der Waals surface area contributed by atoms with Gasteiger partial charge < -0.3 is 20.1 Å². The molecule has 1 saturated heterocycles. The maximum Gasteiger partial charge on any atom is 0.329 e. The molecule has 2 amide bonds. The Labute approximate surface area is 120 Å². The van der Waals surface area contributed by atoms with Gasteiger partial charge in [0, 0.05) is 19.7 Å². The van der Waals surface area contributed by atoms with Crippen LogP contribution in [0.15, 0.2) is 0 Å². The van der Waals surface area contributed by atoms with Gasteiger partial charge in [-0.1, -0.05) is 13.3 Å². The molecule has 2 N–H and O–H groups in total. The number of piperidine rings is 1.